The highest BCUT2D eigenvalue weighted by Gasteiger charge is 2.36. The van der Waals surface area contributed by atoms with Crippen molar-refractivity contribution in [2.45, 2.75) is 26.6 Å². The number of rotatable bonds is 5. The molecule has 2 aromatic carbocycles. The average molecular weight is 394 g/mol. The van der Waals surface area contributed by atoms with Crippen LogP contribution in [0.3, 0.4) is 0 Å². The molecule has 3 aromatic rings. The zero-order valence-electron chi connectivity index (χ0n) is 15.3. The van der Waals surface area contributed by atoms with Crippen molar-refractivity contribution in [2.75, 3.05) is 6.61 Å². The van der Waals surface area contributed by atoms with E-state index in [0.717, 1.165) is 5.39 Å². The quantitative estimate of drug-likeness (QED) is 0.453. The predicted octanol–water partition coefficient (Wildman–Crippen LogP) is 4.97. The number of carbonyl (C=O) groups is 1. The number of carbonyl (C=O) groups excluding carboxylic acids is 1. The molecule has 0 N–H and O–H groups in total. The molecule has 0 saturated carbocycles. The van der Waals surface area contributed by atoms with Gasteiger partial charge in [0.1, 0.15) is 11.5 Å². The third kappa shape index (κ3) is 4.32. The lowest BCUT2D eigenvalue weighted by molar-refractivity contribution is -0.193. The van der Waals surface area contributed by atoms with Crippen molar-refractivity contribution < 1.29 is 27.1 Å². The van der Waals surface area contributed by atoms with E-state index >= 15 is 0 Å². The Kier molecular flexibility index (Phi) is 5.14. The number of hydrogen-bond donors (Lipinski definition) is 0. The van der Waals surface area contributed by atoms with E-state index in [2.05, 4.69) is 9.84 Å². The molecule has 8 heteroatoms. The number of aromatic nitrogens is 2. The van der Waals surface area contributed by atoms with Gasteiger partial charge < -0.3 is 4.74 Å². The molecule has 0 saturated heterocycles. The fourth-order valence-electron chi connectivity index (χ4n) is 2.85. The van der Waals surface area contributed by atoms with Crippen LogP contribution in [0.2, 0.25) is 0 Å². The molecule has 28 heavy (non-hydrogen) atoms. The first kappa shape index (κ1) is 19.9. The highest BCUT2D eigenvalue weighted by Crippen LogP contribution is 2.31. The fourth-order valence-corrected chi connectivity index (χ4v) is 2.85. The van der Waals surface area contributed by atoms with Gasteiger partial charge >= 0.3 is 12.1 Å². The highest BCUT2D eigenvalue weighted by atomic mass is 19.4. The normalized spacial score (nSPS) is 12.4. The van der Waals surface area contributed by atoms with Gasteiger partial charge in [-0.25, -0.2) is 4.39 Å². The Morgan fingerprint density at radius 1 is 1.07 bits per heavy atom. The SMILES string of the molecule is CC(C)(Cn1nc(-c2ccc(F)cc2)c2ccccc21)C(=O)OCC(F)(F)F. The summed E-state index contributed by atoms with van der Waals surface area (Å²) in [5.74, 6) is -1.34. The molecule has 0 atom stereocenters. The molecular weight excluding hydrogens is 376 g/mol. The van der Waals surface area contributed by atoms with Crippen LogP contribution in [0, 0.1) is 11.2 Å². The van der Waals surface area contributed by atoms with Gasteiger partial charge in [-0.2, -0.15) is 18.3 Å². The van der Waals surface area contributed by atoms with Gasteiger partial charge in [-0.3, -0.25) is 9.48 Å². The summed E-state index contributed by atoms with van der Waals surface area (Å²) in [6.45, 7) is 1.39. The summed E-state index contributed by atoms with van der Waals surface area (Å²) in [5.41, 5.74) is 0.752. The summed E-state index contributed by atoms with van der Waals surface area (Å²) in [4.78, 5) is 12.2. The second-order valence-electron chi connectivity index (χ2n) is 7.11. The van der Waals surface area contributed by atoms with Gasteiger partial charge in [0.05, 0.1) is 17.5 Å². The maximum Gasteiger partial charge on any atom is 0.422 e. The van der Waals surface area contributed by atoms with E-state index in [1.54, 1.807) is 28.9 Å². The van der Waals surface area contributed by atoms with Crippen molar-refractivity contribution in [3.8, 4) is 11.3 Å². The minimum atomic E-state index is -4.58. The second-order valence-corrected chi connectivity index (χ2v) is 7.11. The van der Waals surface area contributed by atoms with Crippen LogP contribution in [-0.2, 0) is 16.1 Å². The summed E-state index contributed by atoms with van der Waals surface area (Å²) < 4.78 is 56.2. The highest BCUT2D eigenvalue weighted by molar-refractivity contribution is 5.93. The molecule has 0 fully saturated rings. The molecule has 148 valence electrons. The molecule has 0 amide bonds. The van der Waals surface area contributed by atoms with Crippen LogP contribution in [0.15, 0.2) is 48.5 Å². The van der Waals surface area contributed by atoms with Crippen LogP contribution >= 0.6 is 0 Å². The van der Waals surface area contributed by atoms with E-state index in [1.807, 2.05) is 12.1 Å². The van der Waals surface area contributed by atoms with Crippen LogP contribution in [0.4, 0.5) is 17.6 Å². The van der Waals surface area contributed by atoms with Crippen LogP contribution in [-0.4, -0.2) is 28.5 Å². The summed E-state index contributed by atoms with van der Waals surface area (Å²) in [6.07, 6.45) is -4.58. The molecule has 0 aliphatic carbocycles. The van der Waals surface area contributed by atoms with Gasteiger partial charge in [-0.1, -0.05) is 18.2 Å². The fraction of sp³-hybridized carbons (Fsp3) is 0.300. The smallest absolute Gasteiger partial charge is 0.422 e. The van der Waals surface area contributed by atoms with Crippen LogP contribution in [0.5, 0.6) is 0 Å². The zero-order chi connectivity index (χ0) is 20.5. The van der Waals surface area contributed by atoms with Crippen molar-refractivity contribution in [1.82, 2.24) is 9.78 Å². The molecule has 1 heterocycles. The minimum absolute atomic E-state index is 0.0192. The Morgan fingerprint density at radius 2 is 1.71 bits per heavy atom. The van der Waals surface area contributed by atoms with Gasteiger partial charge in [0.25, 0.3) is 0 Å². The van der Waals surface area contributed by atoms with Crippen molar-refractivity contribution in [1.29, 1.82) is 0 Å². The molecule has 1 aromatic heterocycles. The van der Waals surface area contributed by atoms with Crippen LogP contribution in [0.25, 0.3) is 22.2 Å². The Labute approximate surface area is 158 Å². The number of halogens is 4. The lowest BCUT2D eigenvalue weighted by Crippen LogP contribution is -2.34. The standard InChI is InChI=1S/C20H18F4N2O2/c1-19(2,18(27)28-12-20(22,23)24)11-26-16-6-4-3-5-15(16)17(25-26)13-7-9-14(21)10-8-13/h3-10H,11-12H2,1-2H3. The number of esters is 1. The summed E-state index contributed by atoms with van der Waals surface area (Å²) in [7, 11) is 0. The monoisotopic (exact) mass is 394 g/mol. The topological polar surface area (TPSA) is 44.1 Å². The van der Waals surface area contributed by atoms with Crippen LogP contribution in [0.1, 0.15) is 13.8 Å². The Hall–Kier alpha value is -2.90. The molecule has 0 aliphatic heterocycles. The first-order chi connectivity index (χ1) is 13.1. The van der Waals surface area contributed by atoms with Crippen molar-refractivity contribution in [3.63, 3.8) is 0 Å². The van der Waals surface area contributed by atoms with E-state index < -0.39 is 24.2 Å². The molecule has 0 unspecified atom stereocenters. The Morgan fingerprint density at radius 3 is 2.36 bits per heavy atom. The molecular formula is C20H18F4N2O2. The molecule has 3 rings (SSSR count). The predicted molar refractivity (Wildman–Crippen MR) is 95.9 cm³/mol. The number of para-hydroxylation sites is 1. The van der Waals surface area contributed by atoms with Gasteiger partial charge in [-0.05, 0) is 44.2 Å². The van der Waals surface area contributed by atoms with Crippen LogP contribution < -0.4 is 0 Å². The van der Waals surface area contributed by atoms with Gasteiger partial charge in [-0.15, -0.1) is 0 Å². The number of benzene rings is 2. The first-order valence-electron chi connectivity index (χ1n) is 8.52. The summed E-state index contributed by atoms with van der Waals surface area (Å²) in [6, 6.07) is 13.1. The van der Waals surface area contributed by atoms with Crippen molar-refractivity contribution in [3.05, 3.63) is 54.3 Å². The zero-order valence-corrected chi connectivity index (χ0v) is 15.3. The molecule has 0 bridgehead atoms. The molecule has 4 nitrogen and oxygen atoms in total. The average Bonchev–Trinajstić information content (AvgIpc) is 2.98. The number of alkyl halides is 3. The second kappa shape index (κ2) is 7.26. The molecule has 0 radical (unpaired) electrons. The van der Waals surface area contributed by atoms with Crippen molar-refractivity contribution in [2.24, 2.45) is 5.41 Å². The maximum atomic E-state index is 13.2. The first-order valence-corrected chi connectivity index (χ1v) is 8.52. The van der Waals surface area contributed by atoms with E-state index in [0.29, 0.717) is 16.8 Å². The maximum absolute atomic E-state index is 13.2. The molecule has 0 spiro atoms. The number of hydrogen-bond acceptors (Lipinski definition) is 3. The van der Waals surface area contributed by atoms with Gasteiger partial charge in [0.2, 0.25) is 0 Å². The van der Waals surface area contributed by atoms with E-state index in [-0.39, 0.29) is 12.4 Å². The minimum Gasteiger partial charge on any atom is -0.456 e. The Balaban J connectivity index is 1.93. The number of ether oxygens (including phenoxy) is 1. The Bertz CT molecular complexity index is 992. The number of fused-ring (bicyclic) bond motifs is 1. The van der Waals surface area contributed by atoms with E-state index in [4.69, 9.17) is 0 Å². The third-order valence-electron chi connectivity index (χ3n) is 4.24. The third-order valence-corrected chi connectivity index (χ3v) is 4.24. The largest absolute Gasteiger partial charge is 0.456 e. The summed E-state index contributed by atoms with van der Waals surface area (Å²) >= 11 is 0. The van der Waals surface area contributed by atoms with Crippen molar-refractivity contribution >= 4 is 16.9 Å². The van der Waals surface area contributed by atoms with Gasteiger partial charge in [0.15, 0.2) is 6.61 Å². The lowest BCUT2D eigenvalue weighted by atomic mass is 9.94. The number of nitrogens with zero attached hydrogens (tertiary/aromatic N) is 2. The lowest BCUT2D eigenvalue weighted by Gasteiger charge is -2.23. The van der Waals surface area contributed by atoms with Gasteiger partial charge in [0, 0.05) is 10.9 Å². The van der Waals surface area contributed by atoms with E-state index in [9.17, 15) is 22.4 Å². The molecule has 0 aliphatic rings. The summed E-state index contributed by atoms with van der Waals surface area (Å²) in [5, 5.41) is 5.32. The van der Waals surface area contributed by atoms with E-state index in [1.165, 1.54) is 26.0 Å².